The number of carbonyl (C=O) groups excluding carboxylic acids is 1. The third-order valence-corrected chi connectivity index (χ3v) is 3.39. The Bertz CT molecular complexity index is 420. The topological polar surface area (TPSA) is 89.6 Å². The Labute approximate surface area is 86.5 Å². The fourth-order valence-corrected chi connectivity index (χ4v) is 2.26. The second-order valence-electron chi connectivity index (χ2n) is 2.95. The van der Waals surface area contributed by atoms with E-state index in [1.54, 1.807) is 0 Å². The quantitative estimate of drug-likeness (QED) is 0.739. The van der Waals surface area contributed by atoms with E-state index < -0.39 is 10.0 Å². The third kappa shape index (κ3) is 2.36. The molecule has 78 valence electrons. The Balaban J connectivity index is 2.90. The minimum absolute atomic E-state index is 0.0862. The highest BCUT2D eigenvalue weighted by Gasteiger charge is 2.26. The Morgan fingerprint density at radius 1 is 1.57 bits per heavy atom. The zero-order chi connectivity index (χ0) is 10.9. The minimum Gasteiger partial charge on any atom is -0.388 e. The molecule has 5 nitrogen and oxygen atoms in total. The maximum atomic E-state index is 11.4. The summed E-state index contributed by atoms with van der Waals surface area (Å²) in [5, 5.41) is -0.655. The van der Waals surface area contributed by atoms with Crippen LogP contribution in [0.4, 0.5) is 0 Å². The smallest absolute Gasteiger partial charge is 0.297 e. The number of hydrogen-bond acceptors (Lipinski definition) is 5. The molecule has 0 aromatic rings. The molecule has 0 radical (unpaired) electrons. The number of allylic oxidation sites excluding steroid dienone is 1. The molecule has 1 aliphatic heterocycles. The van der Waals surface area contributed by atoms with Crippen LogP contribution in [0.5, 0.6) is 0 Å². The first-order valence-electron chi connectivity index (χ1n) is 3.86. The van der Waals surface area contributed by atoms with Crippen LogP contribution in [0, 0.1) is 0 Å². The van der Waals surface area contributed by atoms with E-state index in [1.807, 2.05) is 13.8 Å². The molecule has 0 aromatic carbocycles. The van der Waals surface area contributed by atoms with Gasteiger partial charge in [0, 0.05) is 11.3 Å². The molecule has 1 aliphatic rings. The summed E-state index contributed by atoms with van der Waals surface area (Å²) >= 11 is 1.02. The molecule has 1 rings (SSSR count). The summed E-state index contributed by atoms with van der Waals surface area (Å²) in [5.41, 5.74) is 5.07. The number of rotatable bonds is 2. The Morgan fingerprint density at radius 2 is 2.14 bits per heavy atom. The summed E-state index contributed by atoms with van der Waals surface area (Å²) < 4.78 is 25.3. The Morgan fingerprint density at radius 3 is 2.50 bits per heavy atom. The second-order valence-corrected chi connectivity index (χ2v) is 6.11. The van der Waals surface area contributed by atoms with Gasteiger partial charge in [-0.05, 0) is 0 Å². The van der Waals surface area contributed by atoms with Crippen LogP contribution < -0.4 is 5.73 Å². The molecular formula is C7H10N2O3S2. The van der Waals surface area contributed by atoms with E-state index in [1.165, 1.54) is 0 Å². The zero-order valence-corrected chi connectivity index (χ0v) is 9.35. The molecule has 0 saturated heterocycles. The van der Waals surface area contributed by atoms with Crippen molar-refractivity contribution in [1.29, 1.82) is 0 Å². The lowest BCUT2D eigenvalue weighted by molar-refractivity contribution is -0.105. The molecule has 0 aliphatic carbocycles. The van der Waals surface area contributed by atoms with Gasteiger partial charge in [0.15, 0.2) is 5.03 Å². The Kier molecular flexibility index (Phi) is 3.01. The first-order chi connectivity index (χ1) is 6.33. The lowest BCUT2D eigenvalue weighted by Gasteiger charge is -1.99. The number of nitrogens with two attached hydrogens (primary N) is 1. The SMILES string of the molecule is CC(C)SC(=O)C1=NS(=O)(=O)C(N)=C1. The number of sulfonamides is 1. The van der Waals surface area contributed by atoms with Crippen molar-refractivity contribution < 1.29 is 13.2 Å². The van der Waals surface area contributed by atoms with Crippen molar-refractivity contribution in [2.24, 2.45) is 10.1 Å². The largest absolute Gasteiger partial charge is 0.388 e. The van der Waals surface area contributed by atoms with Gasteiger partial charge in [-0.1, -0.05) is 25.6 Å². The average molecular weight is 234 g/mol. The van der Waals surface area contributed by atoms with Gasteiger partial charge in [0.2, 0.25) is 5.12 Å². The predicted octanol–water partition coefficient (Wildman–Crippen LogP) is 0.239. The van der Waals surface area contributed by atoms with Gasteiger partial charge in [-0.25, -0.2) is 0 Å². The van der Waals surface area contributed by atoms with Crippen LogP contribution in [-0.4, -0.2) is 24.5 Å². The van der Waals surface area contributed by atoms with E-state index in [0.717, 1.165) is 17.8 Å². The highest BCUT2D eigenvalue weighted by atomic mass is 32.2. The highest BCUT2D eigenvalue weighted by molar-refractivity contribution is 8.16. The maximum Gasteiger partial charge on any atom is 0.297 e. The number of thioether (sulfide) groups is 1. The molecule has 0 atom stereocenters. The van der Waals surface area contributed by atoms with E-state index in [9.17, 15) is 13.2 Å². The van der Waals surface area contributed by atoms with Crippen LogP contribution >= 0.6 is 11.8 Å². The molecule has 0 amide bonds. The fraction of sp³-hybridized carbons (Fsp3) is 0.429. The van der Waals surface area contributed by atoms with Crippen molar-refractivity contribution in [1.82, 2.24) is 0 Å². The molecule has 2 N–H and O–H groups in total. The van der Waals surface area contributed by atoms with Crippen LogP contribution in [0.15, 0.2) is 15.5 Å². The first kappa shape index (κ1) is 11.3. The van der Waals surface area contributed by atoms with Crippen LogP contribution in [0.1, 0.15) is 13.8 Å². The van der Waals surface area contributed by atoms with Crippen LogP contribution in [-0.2, 0) is 14.8 Å². The first-order valence-corrected chi connectivity index (χ1v) is 6.18. The molecular weight excluding hydrogens is 224 g/mol. The minimum atomic E-state index is -3.76. The van der Waals surface area contributed by atoms with Gasteiger partial charge in [0.25, 0.3) is 10.0 Å². The van der Waals surface area contributed by atoms with Crippen molar-refractivity contribution in [3.63, 3.8) is 0 Å². The van der Waals surface area contributed by atoms with Gasteiger partial charge in [-0.15, -0.1) is 0 Å². The number of nitrogens with zero attached hydrogens (tertiary/aromatic N) is 1. The van der Waals surface area contributed by atoms with Crippen LogP contribution in [0.3, 0.4) is 0 Å². The van der Waals surface area contributed by atoms with E-state index in [2.05, 4.69) is 4.40 Å². The van der Waals surface area contributed by atoms with Gasteiger partial charge in [-0.2, -0.15) is 12.8 Å². The molecule has 1 heterocycles. The molecule has 0 aromatic heterocycles. The molecule has 0 fully saturated rings. The van der Waals surface area contributed by atoms with Crippen molar-refractivity contribution in [2.45, 2.75) is 19.1 Å². The van der Waals surface area contributed by atoms with E-state index in [-0.39, 0.29) is 21.1 Å². The van der Waals surface area contributed by atoms with Gasteiger partial charge in [-0.3, -0.25) is 4.79 Å². The molecule has 0 unspecified atom stereocenters. The fourth-order valence-electron chi connectivity index (χ4n) is 0.788. The Hall–Kier alpha value is -0.820. The summed E-state index contributed by atoms with van der Waals surface area (Å²) in [6.07, 6.45) is 1.09. The van der Waals surface area contributed by atoms with Crippen LogP contribution in [0.25, 0.3) is 0 Å². The van der Waals surface area contributed by atoms with Crippen molar-refractivity contribution in [3.05, 3.63) is 11.1 Å². The van der Waals surface area contributed by atoms with Gasteiger partial charge < -0.3 is 5.73 Å². The van der Waals surface area contributed by atoms with E-state index >= 15 is 0 Å². The van der Waals surface area contributed by atoms with Gasteiger partial charge >= 0.3 is 0 Å². The van der Waals surface area contributed by atoms with Crippen molar-refractivity contribution in [3.8, 4) is 0 Å². The van der Waals surface area contributed by atoms with Crippen molar-refractivity contribution >= 4 is 32.6 Å². The third-order valence-electron chi connectivity index (χ3n) is 1.35. The lowest BCUT2D eigenvalue weighted by Crippen LogP contribution is -2.08. The molecule has 14 heavy (non-hydrogen) atoms. The van der Waals surface area contributed by atoms with Gasteiger partial charge in [0.05, 0.1) is 0 Å². The average Bonchev–Trinajstić information content (AvgIpc) is 2.25. The monoisotopic (exact) mass is 234 g/mol. The maximum absolute atomic E-state index is 11.4. The summed E-state index contributed by atoms with van der Waals surface area (Å²) in [7, 11) is -3.76. The summed E-state index contributed by atoms with van der Waals surface area (Å²) in [6.45, 7) is 3.67. The molecule has 0 bridgehead atoms. The standard InChI is InChI=1S/C7H10N2O3S2/c1-4(2)13-7(10)5-3-6(8)14(11,12)9-5/h3-4H,8H2,1-2H3. The summed E-state index contributed by atoms with van der Waals surface area (Å²) in [5.74, 6) is 0. The van der Waals surface area contributed by atoms with Crippen LogP contribution in [0.2, 0.25) is 0 Å². The molecule has 7 heteroatoms. The molecule has 0 saturated carbocycles. The highest BCUT2D eigenvalue weighted by Crippen LogP contribution is 2.18. The van der Waals surface area contributed by atoms with E-state index in [0.29, 0.717) is 0 Å². The zero-order valence-electron chi connectivity index (χ0n) is 7.72. The summed E-state index contributed by atoms with van der Waals surface area (Å²) in [6, 6.07) is 0. The lowest BCUT2D eigenvalue weighted by atomic mass is 10.4. The number of carbonyl (C=O) groups is 1. The summed E-state index contributed by atoms with van der Waals surface area (Å²) in [4.78, 5) is 11.4. The molecule has 0 spiro atoms. The number of hydrogen-bond donors (Lipinski definition) is 1. The van der Waals surface area contributed by atoms with Crippen molar-refractivity contribution in [2.75, 3.05) is 0 Å². The van der Waals surface area contributed by atoms with Gasteiger partial charge in [0.1, 0.15) is 5.71 Å². The van der Waals surface area contributed by atoms with E-state index in [4.69, 9.17) is 5.73 Å². The second kappa shape index (κ2) is 3.74. The normalized spacial score (nSPS) is 19.4. The predicted molar refractivity (Wildman–Crippen MR) is 56.4 cm³/mol.